The average Bonchev–Trinajstić information content (AvgIpc) is 3.25. The summed E-state index contributed by atoms with van der Waals surface area (Å²) >= 11 is 0. The number of rotatable bonds is 5. The van der Waals surface area contributed by atoms with E-state index in [0.29, 0.717) is 18.0 Å². The molecule has 0 atom stereocenters. The van der Waals surface area contributed by atoms with Crippen LogP contribution in [-0.2, 0) is 6.61 Å². The SMILES string of the molecule is N#C/C(=C\c1cccc(OCc2cccc3ccccc23)c1)c1nc2ccccc2[nH]1. The molecule has 0 saturated carbocycles. The fraction of sp³-hybridized carbons (Fsp3) is 0.0370. The van der Waals surface area contributed by atoms with Crippen LogP contribution < -0.4 is 4.74 Å². The van der Waals surface area contributed by atoms with E-state index in [1.54, 1.807) is 0 Å². The molecule has 1 heterocycles. The van der Waals surface area contributed by atoms with Crippen LogP contribution in [0.15, 0.2) is 91.0 Å². The molecular weight excluding hydrogens is 382 g/mol. The Morgan fingerprint density at radius 2 is 1.74 bits per heavy atom. The Labute approximate surface area is 180 Å². The molecule has 0 radical (unpaired) electrons. The number of aromatic nitrogens is 2. The summed E-state index contributed by atoms with van der Waals surface area (Å²) in [5.74, 6) is 1.31. The summed E-state index contributed by atoms with van der Waals surface area (Å²) in [5.41, 5.74) is 4.24. The summed E-state index contributed by atoms with van der Waals surface area (Å²) in [6, 6.07) is 32.3. The molecular formula is C27H19N3O. The van der Waals surface area contributed by atoms with Crippen LogP contribution in [-0.4, -0.2) is 9.97 Å². The minimum atomic E-state index is 0.474. The van der Waals surface area contributed by atoms with Gasteiger partial charge in [0.25, 0.3) is 0 Å². The second kappa shape index (κ2) is 8.17. The van der Waals surface area contributed by atoms with Gasteiger partial charge in [-0.15, -0.1) is 0 Å². The van der Waals surface area contributed by atoms with Gasteiger partial charge >= 0.3 is 0 Å². The zero-order valence-corrected chi connectivity index (χ0v) is 16.7. The predicted octanol–water partition coefficient (Wildman–Crippen LogP) is 6.36. The van der Waals surface area contributed by atoms with Crippen molar-refractivity contribution in [3.8, 4) is 11.8 Å². The predicted molar refractivity (Wildman–Crippen MR) is 124 cm³/mol. The van der Waals surface area contributed by atoms with Gasteiger partial charge < -0.3 is 9.72 Å². The molecule has 1 aromatic heterocycles. The fourth-order valence-corrected chi connectivity index (χ4v) is 3.67. The van der Waals surface area contributed by atoms with Gasteiger partial charge in [0.1, 0.15) is 24.3 Å². The van der Waals surface area contributed by atoms with Crippen LogP contribution in [0, 0.1) is 11.3 Å². The maximum Gasteiger partial charge on any atom is 0.149 e. The number of para-hydroxylation sites is 2. The van der Waals surface area contributed by atoms with Crippen molar-refractivity contribution in [1.82, 2.24) is 9.97 Å². The molecule has 4 aromatic carbocycles. The van der Waals surface area contributed by atoms with Crippen molar-refractivity contribution in [1.29, 1.82) is 5.26 Å². The van der Waals surface area contributed by atoms with E-state index in [0.717, 1.165) is 27.9 Å². The summed E-state index contributed by atoms with van der Waals surface area (Å²) in [5, 5.41) is 12.1. The standard InChI is InChI=1S/C27H19N3O/c28-17-22(27-29-25-13-3-4-14-26(25)30-27)15-19-7-5-11-23(16-19)31-18-21-10-6-9-20-8-1-2-12-24(20)21/h1-16H,18H2,(H,29,30)/b22-15+. The van der Waals surface area contributed by atoms with Crippen molar-refractivity contribution < 1.29 is 4.74 Å². The minimum Gasteiger partial charge on any atom is -0.489 e. The number of benzene rings is 4. The van der Waals surface area contributed by atoms with E-state index in [1.807, 2.05) is 72.8 Å². The quantitative estimate of drug-likeness (QED) is 0.349. The van der Waals surface area contributed by atoms with Gasteiger partial charge in [0.2, 0.25) is 0 Å². The molecule has 5 aromatic rings. The number of nitrogens with zero attached hydrogens (tertiary/aromatic N) is 2. The van der Waals surface area contributed by atoms with Crippen molar-refractivity contribution in [2.45, 2.75) is 6.61 Å². The van der Waals surface area contributed by atoms with E-state index in [1.165, 1.54) is 10.8 Å². The van der Waals surface area contributed by atoms with Crippen LogP contribution in [0.1, 0.15) is 17.0 Å². The van der Waals surface area contributed by atoms with Gasteiger partial charge in [0.15, 0.2) is 0 Å². The Hall–Kier alpha value is -4.36. The smallest absolute Gasteiger partial charge is 0.149 e. The number of allylic oxidation sites excluding steroid dienone is 1. The number of H-pyrrole nitrogens is 1. The molecule has 0 fully saturated rings. The molecule has 0 amide bonds. The molecule has 0 unspecified atom stereocenters. The summed E-state index contributed by atoms with van der Waals surface area (Å²) in [7, 11) is 0. The lowest BCUT2D eigenvalue weighted by Crippen LogP contribution is -1.96. The zero-order chi connectivity index (χ0) is 21.0. The first-order valence-electron chi connectivity index (χ1n) is 10.1. The Kier molecular flexibility index (Phi) is 4.92. The molecule has 31 heavy (non-hydrogen) atoms. The number of nitrogens with one attached hydrogen (secondary N) is 1. The molecule has 148 valence electrons. The molecule has 0 saturated heterocycles. The number of nitriles is 1. The molecule has 4 heteroatoms. The van der Waals surface area contributed by atoms with Gasteiger partial charge in [0.05, 0.1) is 16.6 Å². The summed E-state index contributed by atoms with van der Waals surface area (Å²) < 4.78 is 6.07. The Morgan fingerprint density at radius 1 is 0.935 bits per heavy atom. The first kappa shape index (κ1) is 18.7. The minimum absolute atomic E-state index is 0.474. The van der Waals surface area contributed by atoms with Crippen molar-refractivity contribution in [3.05, 3.63) is 108 Å². The third-order valence-electron chi connectivity index (χ3n) is 5.21. The van der Waals surface area contributed by atoms with Crippen molar-refractivity contribution in [2.24, 2.45) is 0 Å². The molecule has 1 N–H and O–H groups in total. The van der Waals surface area contributed by atoms with Crippen LogP contribution in [0.5, 0.6) is 5.75 Å². The van der Waals surface area contributed by atoms with Gasteiger partial charge in [0, 0.05) is 0 Å². The monoisotopic (exact) mass is 401 g/mol. The maximum atomic E-state index is 9.68. The number of hydrogen-bond donors (Lipinski definition) is 1. The topological polar surface area (TPSA) is 61.7 Å². The number of aromatic amines is 1. The number of fused-ring (bicyclic) bond motifs is 2. The Bertz CT molecular complexity index is 1420. The van der Waals surface area contributed by atoms with E-state index in [-0.39, 0.29) is 0 Å². The van der Waals surface area contributed by atoms with Crippen LogP contribution in [0.3, 0.4) is 0 Å². The largest absolute Gasteiger partial charge is 0.489 e. The van der Waals surface area contributed by atoms with E-state index in [9.17, 15) is 5.26 Å². The lowest BCUT2D eigenvalue weighted by Gasteiger charge is -2.10. The van der Waals surface area contributed by atoms with Crippen molar-refractivity contribution in [3.63, 3.8) is 0 Å². The highest BCUT2D eigenvalue weighted by Gasteiger charge is 2.08. The van der Waals surface area contributed by atoms with Crippen molar-refractivity contribution in [2.75, 3.05) is 0 Å². The van der Waals surface area contributed by atoms with Gasteiger partial charge in [-0.1, -0.05) is 66.7 Å². The summed E-state index contributed by atoms with van der Waals surface area (Å²) in [6.07, 6.45) is 1.82. The van der Waals surface area contributed by atoms with Gasteiger partial charge in [-0.05, 0) is 52.2 Å². The highest BCUT2D eigenvalue weighted by atomic mass is 16.5. The molecule has 0 aliphatic rings. The average molecular weight is 401 g/mol. The fourth-order valence-electron chi connectivity index (χ4n) is 3.67. The highest BCUT2D eigenvalue weighted by molar-refractivity contribution is 5.90. The zero-order valence-electron chi connectivity index (χ0n) is 16.7. The van der Waals surface area contributed by atoms with Gasteiger partial charge in [-0.2, -0.15) is 5.26 Å². The summed E-state index contributed by atoms with van der Waals surface area (Å²) in [6.45, 7) is 0.475. The molecule has 0 bridgehead atoms. The van der Waals surface area contributed by atoms with Gasteiger partial charge in [-0.25, -0.2) is 4.98 Å². The molecule has 0 spiro atoms. The van der Waals surface area contributed by atoms with Crippen LogP contribution in [0.2, 0.25) is 0 Å². The third kappa shape index (κ3) is 3.90. The molecule has 5 rings (SSSR count). The normalized spacial score (nSPS) is 11.5. The van der Waals surface area contributed by atoms with Crippen LogP contribution in [0.4, 0.5) is 0 Å². The molecule has 0 aliphatic carbocycles. The third-order valence-corrected chi connectivity index (χ3v) is 5.21. The molecule has 0 aliphatic heterocycles. The van der Waals surface area contributed by atoms with Crippen molar-refractivity contribution >= 4 is 33.5 Å². The Morgan fingerprint density at radius 3 is 2.65 bits per heavy atom. The van der Waals surface area contributed by atoms with E-state index in [2.05, 4.69) is 40.3 Å². The molecule has 4 nitrogen and oxygen atoms in total. The lowest BCUT2D eigenvalue weighted by molar-refractivity contribution is 0.307. The summed E-state index contributed by atoms with van der Waals surface area (Å²) in [4.78, 5) is 7.74. The number of ether oxygens (including phenoxy) is 1. The Balaban J connectivity index is 1.39. The van der Waals surface area contributed by atoms with Gasteiger partial charge in [-0.3, -0.25) is 0 Å². The van der Waals surface area contributed by atoms with Crippen LogP contribution in [0.25, 0.3) is 33.5 Å². The maximum absolute atomic E-state index is 9.68. The first-order valence-corrected chi connectivity index (χ1v) is 10.1. The number of hydrogen-bond acceptors (Lipinski definition) is 3. The van der Waals surface area contributed by atoms with E-state index < -0.39 is 0 Å². The van der Waals surface area contributed by atoms with Crippen LogP contribution >= 0.6 is 0 Å². The number of imidazole rings is 1. The van der Waals surface area contributed by atoms with E-state index in [4.69, 9.17) is 4.74 Å². The van der Waals surface area contributed by atoms with E-state index >= 15 is 0 Å². The highest BCUT2D eigenvalue weighted by Crippen LogP contribution is 2.23. The lowest BCUT2D eigenvalue weighted by atomic mass is 10.1. The second-order valence-corrected chi connectivity index (χ2v) is 7.27. The first-order chi connectivity index (χ1) is 15.3. The second-order valence-electron chi connectivity index (χ2n) is 7.27.